The molecule has 0 radical (unpaired) electrons. The van der Waals surface area contributed by atoms with E-state index in [0.29, 0.717) is 0 Å². The number of rotatable bonds is 3. The molecule has 0 aliphatic carbocycles. The molecule has 17 heavy (non-hydrogen) atoms. The van der Waals surface area contributed by atoms with Gasteiger partial charge in [0.2, 0.25) is 0 Å². The van der Waals surface area contributed by atoms with Crippen LogP contribution in [0.2, 0.25) is 0 Å². The van der Waals surface area contributed by atoms with Crippen molar-refractivity contribution in [3.63, 3.8) is 0 Å². The van der Waals surface area contributed by atoms with Gasteiger partial charge in [-0.25, -0.2) is 0 Å². The lowest BCUT2D eigenvalue weighted by atomic mass is 10.1. The van der Waals surface area contributed by atoms with Crippen LogP contribution in [0, 0.1) is 0 Å². The zero-order chi connectivity index (χ0) is 12.4. The molecule has 0 spiro atoms. The van der Waals surface area contributed by atoms with Gasteiger partial charge in [-0.3, -0.25) is 4.79 Å². The number of hydrogen-bond donors (Lipinski definition) is 1. The van der Waals surface area contributed by atoms with Crippen LogP contribution in [-0.2, 0) is 4.79 Å². The van der Waals surface area contributed by atoms with Gasteiger partial charge in [0.15, 0.2) is 6.10 Å². The number of halogens is 2. The number of nitrogens with one attached hydrogen (secondary N) is 1. The van der Waals surface area contributed by atoms with Crippen LogP contribution in [0.4, 0.5) is 5.69 Å². The predicted molar refractivity (Wildman–Crippen MR) is 74.4 cm³/mol. The molecule has 1 aromatic carbocycles. The molecule has 0 aromatic heterocycles. The van der Waals surface area contributed by atoms with Crippen molar-refractivity contribution >= 4 is 43.5 Å². The zero-order valence-corrected chi connectivity index (χ0v) is 12.6. The maximum absolute atomic E-state index is 11.8. The Labute approximate surface area is 117 Å². The van der Waals surface area contributed by atoms with Gasteiger partial charge in [-0.05, 0) is 56.8 Å². The Bertz CT molecular complexity index is 448. The molecule has 0 saturated carbocycles. The van der Waals surface area contributed by atoms with Gasteiger partial charge >= 0.3 is 0 Å². The van der Waals surface area contributed by atoms with E-state index in [2.05, 4.69) is 44.1 Å². The molecule has 5 heteroatoms. The van der Waals surface area contributed by atoms with Crippen LogP contribution in [0.1, 0.15) is 26.2 Å². The molecular weight excluding hydrogens is 350 g/mol. The Morgan fingerprint density at radius 2 is 2.06 bits per heavy atom. The van der Waals surface area contributed by atoms with Crippen molar-refractivity contribution in [2.75, 3.05) is 5.32 Å². The highest BCUT2D eigenvalue weighted by atomic mass is 79.9. The number of hydrogen-bond acceptors (Lipinski definition) is 2. The minimum Gasteiger partial charge on any atom is -0.478 e. The predicted octanol–water partition coefficient (Wildman–Crippen LogP) is 4.10. The largest absolute Gasteiger partial charge is 0.478 e. The smallest absolute Gasteiger partial charge is 0.265 e. The van der Waals surface area contributed by atoms with E-state index in [0.717, 1.165) is 39.6 Å². The minimum absolute atomic E-state index is 0.0554. The Hall–Kier alpha value is -0.550. The number of amides is 1. The highest BCUT2D eigenvalue weighted by Crippen LogP contribution is 2.37. The first-order valence-corrected chi connectivity index (χ1v) is 7.17. The van der Waals surface area contributed by atoms with Gasteiger partial charge in [0, 0.05) is 8.95 Å². The van der Waals surface area contributed by atoms with E-state index in [-0.39, 0.29) is 12.0 Å². The fourth-order valence-electron chi connectivity index (χ4n) is 1.72. The molecule has 0 fully saturated rings. The number of fused-ring (bicyclic) bond motifs is 1. The summed E-state index contributed by atoms with van der Waals surface area (Å²) in [5.74, 6) is 0.668. The van der Waals surface area contributed by atoms with Crippen LogP contribution in [0.25, 0.3) is 0 Å². The molecule has 1 aliphatic rings. The lowest BCUT2D eigenvalue weighted by Gasteiger charge is -2.26. The van der Waals surface area contributed by atoms with Crippen LogP contribution in [0.5, 0.6) is 5.75 Å². The van der Waals surface area contributed by atoms with Crippen LogP contribution >= 0.6 is 31.9 Å². The van der Waals surface area contributed by atoms with E-state index in [1.54, 1.807) is 0 Å². The second-order valence-corrected chi connectivity index (χ2v) is 5.71. The summed E-state index contributed by atoms with van der Waals surface area (Å²) in [4.78, 5) is 11.8. The Morgan fingerprint density at radius 1 is 1.35 bits per heavy atom. The molecule has 1 heterocycles. The van der Waals surface area contributed by atoms with Crippen LogP contribution < -0.4 is 10.1 Å². The van der Waals surface area contributed by atoms with Gasteiger partial charge in [0.1, 0.15) is 5.75 Å². The van der Waals surface area contributed by atoms with Crippen molar-refractivity contribution in [3.05, 3.63) is 21.1 Å². The maximum atomic E-state index is 11.8. The normalized spacial score (nSPS) is 18.3. The second kappa shape index (κ2) is 5.40. The number of carbonyl (C=O) groups excluding carboxylic acids is 1. The topological polar surface area (TPSA) is 38.3 Å². The first-order valence-electron chi connectivity index (χ1n) is 5.58. The summed E-state index contributed by atoms with van der Waals surface area (Å²) in [5, 5.41) is 2.87. The van der Waals surface area contributed by atoms with E-state index in [9.17, 15) is 4.79 Å². The molecule has 92 valence electrons. The van der Waals surface area contributed by atoms with E-state index >= 15 is 0 Å². The zero-order valence-electron chi connectivity index (χ0n) is 9.43. The first kappa shape index (κ1) is 12.9. The minimum atomic E-state index is -0.365. The number of ether oxygens (including phenoxy) is 1. The molecule has 1 unspecified atom stereocenters. The highest BCUT2D eigenvalue weighted by Gasteiger charge is 2.27. The van der Waals surface area contributed by atoms with Gasteiger partial charge < -0.3 is 10.1 Å². The van der Waals surface area contributed by atoms with E-state index in [1.165, 1.54) is 0 Å². The summed E-state index contributed by atoms with van der Waals surface area (Å²) < 4.78 is 7.53. The van der Waals surface area contributed by atoms with Gasteiger partial charge in [-0.1, -0.05) is 13.3 Å². The molecule has 1 atom stereocenters. The number of unbranched alkanes of at least 4 members (excludes halogenated alkanes) is 1. The van der Waals surface area contributed by atoms with Crippen molar-refractivity contribution in [2.24, 2.45) is 0 Å². The fourth-order valence-corrected chi connectivity index (χ4v) is 2.39. The third-order valence-corrected chi connectivity index (χ3v) is 4.51. The van der Waals surface area contributed by atoms with Gasteiger partial charge in [-0.2, -0.15) is 0 Å². The van der Waals surface area contributed by atoms with Crippen LogP contribution in [0.15, 0.2) is 21.1 Å². The second-order valence-electron chi connectivity index (χ2n) is 4.00. The third-order valence-electron chi connectivity index (χ3n) is 2.66. The van der Waals surface area contributed by atoms with E-state index in [1.807, 2.05) is 12.1 Å². The van der Waals surface area contributed by atoms with Crippen molar-refractivity contribution < 1.29 is 9.53 Å². The van der Waals surface area contributed by atoms with Crippen LogP contribution in [-0.4, -0.2) is 12.0 Å². The van der Waals surface area contributed by atoms with Crippen LogP contribution in [0.3, 0.4) is 0 Å². The van der Waals surface area contributed by atoms with Crippen molar-refractivity contribution in [1.82, 2.24) is 0 Å². The summed E-state index contributed by atoms with van der Waals surface area (Å²) in [5.41, 5.74) is 0.720. The van der Waals surface area contributed by atoms with Crippen molar-refractivity contribution in [3.8, 4) is 5.75 Å². The van der Waals surface area contributed by atoms with E-state index < -0.39 is 0 Å². The molecule has 2 rings (SSSR count). The first-order chi connectivity index (χ1) is 8.11. The summed E-state index contributed by atoms with van der Waals surface area (Å²) in [7, 11) is 0. The summed E-state index contributed by atoms with van der Waals surface area (Å²) >= 11 is 6.82. The average Bonchev–Trinajstić information content (AvgIpc) is 2.29. The molecule has 1 aromatic rings. The molecule has 0 saturated heterocycles. The Morgan fingerprint density at radius 3 is 2.76 bits per heavy atom. The SMILES string of the molecule is CCCCC1Oc2cc(Br)c(Br)cc2NC1=O. The fraction of sp³-hybridized carbons (Fsp3) is 0.417. The Balaban J connectivity index is 2.22. The molecule has 0 bridgehead atoms. The summed E-state index contributed by atoms with van der Waals surface area (Å²) in [6.07, 6.45) is 2.44. The van der Waals surface area contributed by atoms with Crippen molar-refractivity contribution in [1.29, 1.82) is 0 Å². The monoisotopic (exact) mass is 361 g/mol. The Kier molecular flexibility index (Phi) is 4.09. The molecule has 1 N–H and O–H groups in total. The molecule has 1 amide bonds. The van der Waals surface area contributed by atoms with Gasteiger partial charge in [-0.15, -0.1) is 0 Å². The molecule has 3 nitrogen and oxygen atoms in total. The number of anilines is 1. The summed E-state index contributed by atoms with van der Waals surface area (Å²) in [6.45, 7) is 2.10. The number of carbonyl (C=O) groups is 1. The molecular formula is C12H13Br2NO2. The number of benzene rings is 1. The quantitative estimate of drug-likeness (QED) is 0.878. The van der Waals surface area contributed by atoms with Gasteiger partial charge in [0.25, 0.3) is 5.91 Å². The van der Waals surface area contributed by atoms with Crippen molar-refractivity contribution in [2.45, 2.75) is 32.3 Å². The third kappa shape index (κ3) is 2.83. The molecule has 1 aliphatic heterocycles. The highest BCUT2D eigenvalue weighted by molar-refractivity contribution is 9.13. The average molecular weight is 363 g/mol. The summed E-state index contributed by atoms with van der Waals surface area (Å²) in [6, 6.07) is 3.71. The lowest BCUT2D eigenvalue weighted by Crippen LogP contribution is -2.36. The van der Waals surface area contributed by atoms with Gasteiger partial charge in [0.05, 0.1) is 5.69 Å². The lowest BCUT2D eigenvalue weighted by molar-refractivity contribution is -0.123. The van der Waals surface area contributed by atoms with E-state index in [4.69, 9.17) is 4.74 Å². The maximum Gasteiger partial charge on any atom is 0.265 e. The standard InChI is InChI=1S/C12H13Br2NO2/c1-2-3-4-10-12(16)15-9-5-7(13)8(14)6-11(9)17-10/h5-6,10H,2-4H2,1H3,(H,15,16).